The average molecular weight is 291 g/mol. The molecule has 2 N–H and O–H groups in total. The minimum atomic E-state index is -0.463. The van der Waals surface area contributed by atoms with E-state index < -0.39 is 6.10 Å². The van der Waals surface area contributed by atoms with Gasteiger partial charge in [0.15, 0.2) is 0 Å². The van der Waals surface area contributed by atoms with Gasteiger partial charge in [-0.2, -0.15) is 0 Å². The predicted octanol–water partition coefficient (Wildman–Crippen LogP) is 3.21. The van der Waals surface area contributed by atoms with Gasteiger partial charge in [0.1, 0.15) is 18.5 Å². The monoisotopic (exact) mass is 291 g/mol. The minimum Gasteiger partial charge on any atom is -0.491 e. The van der Waals surface area contributed by atoms with E-state index in [-0.39, 0.29) is 0 Å². The summed E-state index contributed by atoms with van der Waals surface area (Å²) in [6.07, 6.45) is 3.20. The first-order valence-electron chi connectivity index (χ1n) is 7.97. The normalized spacial score (nSPS) is 22.2. The Bertz CT molecular complexity index is 450. The number of hydrogen-bond donors (Lipinski definition) is 2. The molecule has 2 atom stereocenters. The van der Waals surface area contributed by atoms with Crippen LogP contribution in [0.5, 0.6) is 5.75 Å². The number of aryl methyl sites for hydroxylation is 2. The summed E-state index contributed by atoms with van der Waals surface area (Å²) < 4.78 is 5.70. The molecule has 1 saturated carbocycles. The Balaban J connectivity index is 1.71. The standard InChI is InChI=1S/C18H29NO2/c1-13-7-14(2)9-17(8-13)21-12-16(20)11-19-15-5-6-18(3,4)10-15/h7-9,15-16,19-20H,5-6,10-12H2,1-4H3. The van der Waals surface area contributed by atoms with Crippen molar-refractivity contribution in [3.63, 3.8) is 0 Å². The Morgan fingerprint density at radius 2 is 1.95 bits per heavy atom. The van der Waals surface area contributed by atoms with Crippen molar-refractivity contribution in [2.75, 3.05) is 13.2 Å². The van der Waals surface area contributed by atoms with Crippen LogP contribution >= 0.6 is 0 Å². The van der Waals surface area contributed by atoms with Crippen molar-refractivity contribution < 1.29 is 9.84 Å². The fourth-order valence-electron chi connectivity index (χ4n) is 3.18. The van der Waals surface area contributed by atoms with Crippen molar-refractivity contribution in [2.24, 2.45) is 5.41 Å². The zero-order valence-corrected chi connectivity index (χ0v) is 13.8. The number of ether oxygens (including phenoxy) is 1. The summed E-state index contributed by atoms with van der Waals surface area (Å²) >= 11 is 0. The number of aliphatic hydroxyl groups is 1. The molecule has 1 aromatic rings. The Labute approximate surface area is 128 Å². The first kappa shape index (κ1) is 16.3. The van der Waals surface area contributed by atoms with Crippen LogP contribution in [0, 0.1) is 19.3 Å². The lowest BCUT2D eigenvalue weighted by Crippen LogP contribution is -2.37. The summed E-state index contributed by atoms with van der Waals surface area (Å²) in [4.78, 5) is 0. The molecule has 1 fully saturated rings. The van der Waals surface area contributed by atoms with Gasteiger partial charge in [0.25, 0.3) is 0 Å². The van der Waals surface area contributed by atoms with E-state index in [4.69, 9.17) is 4.74 Å². The van der Waals surface area contributed by atoms with E-state index in [0.29, 0.717) is 24.6 Å². The topological polar surface area (TPSA) is 41.5 Å². The van der Waals surface area contributed by atoms with Gasteiger partial charge in [-0.1, -0.05) is 19.9 Å². The molecule has 1 aliphatic carbocycles. The number of hydrogen-bond acceptors (Lipinski definition) is 3. The SMILES string of the molecule is Cc1cc(C)cc(OCC(O)CNC2CCC(C)(C)C2)c1. The predicted molar refractivity (Wildman–Crippen MR) is 86.8 cm³/mol. The highest BCUT2D eigenvalue weighted by molar-refractivity contribution is 5.32. The molecule has 118 valence electrons. The van der Waals surface area contributed by atoms with Gasteiger partial charge in [-0.05, 0) is 61.8 Å². The number of nitrogens with one attached hydrogen (secondary N) is 1. The Morgan fingerprint density at radius 3 is 2.52 bits per heavy atom. The van der Waals surface area contributed by atoms with Crippen LogP contribution < -0.4 is 10.1 Å². The fourth-order valence-corrected chi connectivity index (χ4v) is 3.18. The molecular weight excluding hydrogens is 262 g/mol. The minimum absolute atomic E-state index is 0.339. The summed E-state index contributed by atoms with van der Waals surface area (Å²) in [7, 11) is 0. The molecule has 0 spiro atoms. The van der Waals surface area contributed by atoms with Gasteiger partial charge < -0.3 is 15.2 Å². The molecule has 0 saturated heterocycles. The first-order chi connectivity index (χ1) is 9.84. The summed E-state index contributed by atoms with van der Waals surface area (Å²) in [6, 6.07) is 6.67. The highest BCUT2D eigenvalue weighted by atomic mass is 16.5. The molecule has 3 nitrogen and oxygen atoms in total. The molecule has 2 unspecified atom stereocenters. The Morgan fingerprint density at radius 1 is 1.29 bits per heavy atom. The number of rotatable bonds is 6. The van der Waals surface area contributed by atoms with Gasteiger partial charge in [0.05, 0.1) is 0 Å². The van der Waals surface area contributed by atoms with E-state index in [0.717, 1.165) is 5.75 Å². The second-order valence-electron chi connectivity index (χ2n) is 7.30. The van der Waals surface area contributed by atoms with E-state index in [2.05, 4.69) is 39.1 Å². The molecule has 1 aromatic carbocycles. The smallest absolute Gasteiger partial charge is 0.119 e. The van der Waals surface area contributed by atoms with E-state index in [9.17, 15) is 5.11 Å². The van der Waals surface area contributed by atoms with Crippen LogP contribution in [0.25, 0.3) is 0 Å². The molecule has 0 amide bonds. The second-order valence-corrected chi connectivity index (χ2v) is 7.30. The molecule has 0 bridgehead atoms. The molecular formula is C18H29NO2. The van der Waals surface area contributed by atoms with Crippen LogP contribution in [0.15, 0.2) is 18.2 Å². The first-order valence-corrected chi connectivity index (χ1v) is 7.97. The highest BCUT2D eigenvalue weighted by Gasteiger charge is 2.30. The zero-order valence-electron chi connectivity index (χ0n) is 13.8. The van der Waals surface area contributed by atoms with Crippen LogP contribution in [-0.2, 0) is 0 Å². The number of aliphatic hydroxyl groups excluding tert-OH is 1. The van der Waals surface area contributed by atoms with Crippen LogP contribution in [0.1, 0.15) is 44.2 Å². The maximum absolute atomic E-state index is 10.1. The van der Waals surface area contributed by atoms with Gasteiger partial charge in [-0.15, -0.1) is 0 Å². The maximum atomic E-state index is 10.1. The van der Waals surface area contributed by atoms with Crippen molar-refractivity contribution in [2.45, 2.75) is 59.1 Å². The van der Waals surface area contributed by atoms with Crippen molar-refractivity contribution in [1.82, 2.24) is 5.32 Å². The quantitative estimate of drug-likeness (QED) is 0.845. The van der Waals surface area contributed by atoms with Gasteiger partial charge in [-0.3, -0.25) is 0 Å². The van der Waals surface area contributed by atoms with Crippen LogP contribution in [-0.4, -0.2) is 30.4 Å². The van der Waals surface area contributed by atoms with Gasteiger partial charge in [-0.25, -0.2) is 0 Å². The fraction of sp³-hybridized carbons (Fsp3) is 0.667. The third-order valence-corrected chi connectivity index (χ3v) is 4.25. The molecule has 0 aromatic heterocycles. The van der Waals surface area contributed by atoms with Crippen molar-refractivity contribution in [1.29, 1.82) is 0 Å². The van der Waals surface area contributed by atoms with Crippen molar-refractivity contribution in [3.8, 4) is 5.75 Å². The zero-order chi connectivity index (χ0) is 15.5. The lowest BCUT2D eigenvalue weighted by atomic mass is 9.92. The molecule has 1 aliphatic rings. The molecule has 0 radical (unpaired) electrons. The summed E-state index contributed by atoms with van der Waals surface area (Å²) in [5, 5.41) is 13.5. The third kappa shape index (κ3) is 5.33. The lowest BCUT2D eigenvalue weighted by Gasteiger charge is -2.19. The van der Waals surface area contributed by atoms with E-state index in [1.165, 1.54) is 30.4 Å². The van der Waals surface area contributed by atoms with E-state index in [1.54, 1.807) is 0 Å². The van der Waals surface area contributed by atoms with Crippen molar-refractivity contribution in [3.05, 3.63) is 29.3 Å². The number of benzene rings is 1. The molecule has 21 heavy (non-hydrogen) atoms. The Kier molecular flexibility index (Phi) is 5.28. The summed E-state index contributed by atoms with van der Waals surface area (Å²) in [5.74, 6) is 0.841. The summed E-state index contributed by atoms with van der Waals surface area (Å²) in [6.45, 7) is 9.68. The molecule has 0 aliphatic heterocycles. The second kappa shape index (κ2) is 6.80. The average Bonchev–Trinajstić information content (AvgIpc) is 2.72. The molecule has 0 heterocycles. The third-order valence-electron chi connectivity index (χ3n) is 4.25. The van der Waals surface area contributed by atoms with Gasteiger partial charge >= 0.3 is 0 Å². The largest absolute Gasteiger partial charge is 0.491 e. The van der Waals surface area contributed by atoms with Crippen LogP contribution in [0.4, 0.5) is 0 Å². The Hall–Kier alpha value is -1.06. The summed E-state index contributed by atoms with van der Waals surface area (Å²) in [5.41, 5.74) is 2.81. The van der Waals surface area contributed by atoms with Crippen LogP contribution in [0.3, 0.4) is 0 Å². The molecule has 2 rings (SSSR count). The van der Waals surface area contributed by atoms with Crippen molar-refractivity contribution >= 4 is 0 Å². The van der Waals surface area contributed by atoms with Crippen LogP contribution in [0.2, 0.25) is 0 Å². The lowest BCUT2D eigenvalue weighted by molar-refractivity contribution is 0.103. The van der Waals surface area contributed by atoms with E-state index >= 15 is 0 Å². The van der Waals surface area contributed by atoms with E-state index in [1.807, 2.05) is 12.1 Å². The van der Waals surface area contributed by atoms with Gasteiger partial charge in [0, 0.05) is 12.6 Å². The van der Waals surface area contributed by atoms with Gasteiger partial charge in [0.2, 0.25) is 0 Å². The molecule has 3 heteroatoms. The maximum Gasteiger partial charge on any atom is 0.119 e. The highest BCUT2D eigenvalue weighted by Crippen LogP contribution is 2.36.